The predicted octanol–water partition coefficient (Wildman–Crippen LogP) is 2.40. The van der Waals surface area contributed by atoms with Gasteiger partial charge in [-0.1, -0.05) is 15.9 Å². The molecule has 0 bridgehead atoms. The van der Waals surface area contributed by atoms with Crippen molar-refractivity contribution in [2.24, 2.45) is 0 Å². The summed E-state index contributed by atoms with van der Waals surface area (Å²) in [4.78, 5) is 13.6. The van der Waals surface area contributed by atoms with Crippen LogP contribution in [0.4, 0.5) is 5.69 Å². The van der Waals surface area contributed by atoms with Crippen LogP contribution < -0.4 is 10.2 Å². The number of piperidine rings is 1. The van der Waals surface area contributed by atoms with Crippen LogP contribution in [0.2, 0.25) is 0 Å². The smallest absolute Gasteiger partial charge is 0.324 e. The van der Waals surface area contributed by atoms with Gasteiger partial charge in [0.25, 0.3) is 0 Å². The Morgan fingerprint density at radius 2 is 2.05 bits per heavy atom. The number of nitrogens with one attached hydrogen (secondary N) is 1. The molecule has 104 valence electrons. The quantitative estimate of drug-likeness (QED) is 0.895. The first-order valence-electron chi connectivity index (χ1n) is 6.42. The average Bonchev–Trinajstić information content (AvgIpc) is 2.42. The largest absolute Gasteiger partial charge is 0.480 e. The molecular formula is C14H19BrN2O2. The second kappa shape index (κ2) is 5.51. The topological polar surface area (TPSA) is 52.6 Å². The van der Waals surface area contributed by atoms with Crippen LogP contribution in [0.1, 0.15) is 18.4 Å². The molecule has 19 heavy (non-hydrogen) atoms. The molecule has 1 saturated heterocycles. The lowest BCUT2D eigenvalue weighted by Crippen LogP contribution is -2.57. The minimum Gasteiger partial charge on any atom is -0.480 e. The second-order valence-electron chi connectivity index (χ2n) is 5.06. The van der Waals surface area contributed by atoms with Crippen LogP contribution >= 0.6 is 15.9 Å². The SMILES string of the molecule is CNC1(C(=O)O)CCN(c2ccc(Br)c(C)c2)CC1. The van der Waals surface area contributed by atoms with E-state index in [2.05, 4.69) is 45.2 Å². The summed E-state index contributed by atoms with van der Waals surface area (Å²) < 4.78 is 1.10. The number of anilines is 1. The Labute approximate surface area is 121 Å². The minimum absolute atomic E-state index is 0.619. The summed E-state index contributed by atoms with van der Waals surface area (Å²) in [6.07, 6.45) is 1.24. The third-order valence-corrected chi connectivity index (χ3v) is 4.90. The number of rotatable bonds is 3. The fourth-order valence-electron chi connectivity index (χ4n) is 2.54. The standard InChI is InChI=1S/C14H19BrN2O2/c1-10-9-11(3-4-12(10)15)17-7-5-14(16-2,6-8-17)13(18)19/h3-4,9,16H,5-8H2,1-2H3,(H,18,19). The molecule has 1 aliphatic rings. The van der Waals surface area contributed by atoms with Crippen molar-refractivity contribution in [2.75, 3.05) is 25.0 Å². The third-order valence-electron chi connectivity index (χ3n) is 4.01. The molecule has 1 aliphatic heterocycles. The molecule has 5 heteroatoms. The molecule has 0 aliphatic carbocycles. The van der Waals surface area contributed by atoms with Gasteiger partial charge in [0.2, 0.25) is 0 Å². The summed E-state index contributed by atoms with van der Waals surface area (Å²) in [7, 11) is 1.73. The fraction of sp³-hybridized carbons (Fsp3) is 0.500. The molecule has 0 unspecified atom stereocenters. The highest BCUT2D eigenvalue weighted by atomic mass is 79.9. The minimum atomic E-state index is -0.763. The van der Waals surface area contributed by atoms with Gasteiger partial charge < -0.3 is 15.3 Å². The van der Waals surface area contributed by atoms with Crippen LogP contribution in [-0.4, -0.2) is 36.8 Å². The molecule has 0 saturated carbocycles. The van der Waals surface area contributed by atoms with Crippen LogP contribution in [0.3, 0.4) is 0 Å². The number of aliphatic carboxylic acids is 1. The van der Waals surface area contributed by atoms with E-state index < -0.39 is 11.5 Å². The van der Waals surface area contributed by atoms with Crippen molar-refractivity contribution < 1.29 is 9.90 Å². The van der Waals surface area contributed by atoms with Crippen LogP contribution in [0.15, 0.2) is 22.7 Å². The first-order chi connectivity index (χ1) is 8.98. The number of benzene rings is 1. The molecule has 0 radical (unpaired) electrons. The van der Waals surface area contributed by atoms with Crippen molar-refractivity contribution in [3.8, 4) is 0 Å². The number of carboxylic acids is 1. The molecule has 1 aromatic rings. The zero-order valence-electron chi connectivity index (χ0n) is 11.2. The number of halogens is 1. The zero-order chi connectivity index (χ0) is 14.0. The maximum atomic E-state index is 11.4. The number of carbonyl (C=O) groups is 1. The molecule has 0 spiro atoms. The Balaban J connectivity index is 2.11. The Hall–Kier alpha value is -1.07. The maximum Gasteiger partial charge on any atom is 0.324 e. The van der Waals surface area contributed by atoms with Crippen LogP contribution in [-0.2, 0) is 4.79 Å². The average molecular weight is 327 g/mol. The predicted molar refractivity (Wildman–Crippen MR) is 79.8 cm³/mol. The van der Waals surface area contributed by atoms with Gasteiger partial charge in [-0.25, -0.2) is 0 Å². The Bertz CT molecular complexity index is 482. The highest BCUT2D eigenvalue weighted by molar-refractivity contribution is 9.10. The summed E-state index contributed by atoms with van der Waals surface area (Å²) in [5, 5.41) is 12.3. The summed E-state index contributed by atoms with van der Waals surface area (Å²) >= 11 is 3.50. The van der Waals surface area contributed by atoms with Crippen LogP contribution in [0.5, 0.6) is 0 Å². The summed E-state index contributed by atoms with van der Waals surface area (Å²) in [6.45, 7) is 3.58. The van der Waals surface area contributed by atoms with Crippen LogP contribution in [0, 0.1) is 6.92 Å². The van der Waals surface area contributed by atoms with Gasteiger partial charge in [-0.05, 0) is 50.6 Å². The molecule has 1 fully saturated rings. The zero-order valence-corrected chi connectivity index (χ0v) is 12.8. The van der Waals surface area contributed by atoms with E-state index in [-0.39, 0.29) is 0 Å². The molecule has 1 heterocycles. The molecule has 2 rings (SSSR count). The van der Waals surface area contributed by atoms with E-state index in [0.717, 1.165) is 23.2 Å². The highest BCUT2D eigenvalue weighted by Gasteiger charge is 2.40. The highest BCUT2D eigenvalue weighted by Crippen LogP contribution is 2.28. The first kappa shape index (κ1) is 14.3. The van der Waals surface area contributed by atoms with Crippen molar-refractivity contribution in [3.63, 3.8) is 0 Å². The van der Waals surface area contributed by atoms with E-state index >= 15 is 0 Å². The van der Waals surface area contributed by atoms with Gasteiger partial charge >= 0.3 is 5.97 Å². The number of hydrogen-bond acceptors (Lipinski definition) is 3. The number of likely N-dealkylation sites (N-methyl/N-ethyl adjacent to an activating group) is 1. The molecule has 0 amide bonds. The number of hydrogen-bond donors (Lipinski definition) is 2. The monoisotopic (exact) mass is 326 g/mol. The first-order valence-corrected chi connectivity index (χ1v) is 7.21. The van der Waals surface area contributed by atoms with Crippen molar-refractivity contribution in [1.29, 1.82) is 0 Å². The van der Waals surface area contributed by atoms with Gasteiger partial charge in [0.1, 0.15) is 5.54 Å². The maximum absolute atomic E-state index is 11.4. The van der Waals surface area contributed by atoms with Gasteiger partial charge in [0.05, 0.1) is 0 Å². The van der Waals surface area contributed by atoms with E-state index in [4.69, 9.17) is 0 Å². The molecule has 2 N–H and O–H groups in total. The third kappa shape index (κ3) is 2.77. The van der Waals surface area contributed by atoms with E-state index in [1.165, 1.54) is 5.56 Å². The van der Waals surface area contributed by atoms with Crippen molar-refractivity contribution in [2.45, 2.75) is 25.3 Å². The Morgan fingerprint density at radius 1 is 1.42 bits per heavy atom. The number of nitrogens with zero attached hydrogens (tertiary/aromatic N) is 1. The van der Waals surface area contributed by atoms with E-state index in [9.17, 15) is 9.90 Å². The molecule has 4 nitrogen and oxygen atoms in total. The van der Waals surface area contributed by atoms with Gasteiger partial charge in [-0.2, -0.15) is 0 Å². The fourth-order valence-corrected chi connectivity index (χ4v) is 2.79. The summed E-state index contributed by atoms with van der Waals surface area (Å²) in [5.41, 5.74) is 1.60. The van der Waals surface area contributed by atoms with Gasteiger partial charge in [-0.15, -0.1) is 0 Å². The lowest BCUT2D eigenvalue weighted by Gasteiger charge is -2.39. The second-order valence-corrected chi connectivity index (χ2v) is 5.91. The van der Waals surface area contributed by atoms with Crippen molar-refractivity contribution in [3.05, 3.63) is 28.2 Å². The van der Waals surface area contributed by atoms with E-state index in [1.807, 2.05) is 6.07 Å². The van der Waals surface area contributed by atoms with Gasteiger partial charge in [0, 0.05) is 23.2 Å². The molecular weight excluding hydrogens is 308 g/mol. The van der Waals surface area contributed by atoms with Crippen molar-refractivity contribution >= 4 is 27.6 Å². The lowest BCUT2D eigenvalue weighted by molar-refractivity contribution is -0.145. The summed E-state index contributed by atoms with van der Waals surface area (Å²) in [5.74, 6) is -0.748. The van der Waals surface area contributed by atoms with Crippen LogP contribution in [0.25, 0.3) is 0 Å². The molecule has 1 aromatic carbocycles. The van der Waals surface area contributed by atoms with Crippen molar-refractivity contribution in [1.82, 2.24) is 5.32 Å². The number of aryl methyl sites for hydroxylation is 1. The Kier molecular flexibility index (Phi) is 4.16. The van der Waals surface area contributed by atoms with E-state index in [1.54, 1.807) is 7.05 Å². The normalized spacial score (nSPS) is 18.4. The van der Waals surface area contributed by atoms with E-state index in [0.29, 0.717) is 12.8 Å². The number of carboxylic acid groups (broad SMARTS) is 1. The molecule has 0 atom stereocenters. The summed E-state index contributed by atoms with van der Waals surface area (Å²) in [6, 6.07) is 6.25. The van der Waals surface area contributed by atoms with Gasteiger partial charge in [-0.3, -0.25) is 4.79 Å². The van der Waals surface area contributed by atoms with Gasteiger partial charge in [0.15, 0.2) is 0 Å². The lowest BCUT2D eigenvalue weighted by atomic mass is 9.87. The molecule has 0 aromatic heterocycles. The Morgan fingerprint density at radius 3 is 2.53 bits per heavy atom.